The summed E-state index contributed by atoms with van der Waals surface area (Å²) in [7, 11) is -1.46. The molecule has 0 fully saturated rings. The minimum absolute atomic E-state index is 0.476. The van der Waals surface area contributed by atoms with Gasteiger partial charge in [0, 0.05) is 10.8 Å². The van der Waals surface area contributed by atoms with E-state index in [0.717, 1.165) is 38.5 Å². The molecular formula is C22H15BO3. The van der Waals surface area contributed by atoms with E-state index in [1.54, 1.807) is 12.1 Å². The molecule has 0 amide bonds. The zero-order valence-electron chi connectivity index (χ0n) is 13.9. The van der Waals surface area contributed by atoms with Gasteiger partial charge in [0.2, 0.25) is 0 Å². The maximum absolute atomic E-state index is 9.31. The molecule has 0 unspecified atom stereocenters. The third kappa shape index (κ3) is 2.31. The monoisotopic (exact) mass is 338 g/mol. The Kier molecular flexibility index (Phi) is 3.35. The third-order valence-electron chi connectivity index (χ3n) is 4.88. The average Bonchev–Trinajstić information content (AvgIpc) is 3.03. The Labute approximate surface area is 150 Å². The fourth-order valence-corrected chi connectivity index (χ4v) is 3.59. The van der Waals surface area contributed by atoms with E-state index in [9.17, 15) is 10.0 Å². The molecular weight excluding hydrogens is 323 g/mol. The van der Waals surface area contributed by atoms with E-state index in [1.165, 1.54) is 5.39 Å². The molecule has 0 saturated carbocycles. The van der Waals surface area contributed by atoms with Crippen LogP contribution in [0.25, 0.3) is 43.8 Å². The lowest BCUT2D eigenvalue weighted by molar-refractivity contribution is 0.426. The molecule has 0 aliphatic carbocycles. The molecule has 0 bridgehead atoms. The summed E-state index contributed by atoms with van der Waals surface area (Å²) in [6, 6.07) is 25.8. The molecule has 4 aromatic carbocycles. The van der Waals surface area contributed by atoms with Crippen molar-refractivity contribution in [3.63, 3.8) is 0 Å². The van der Waals surface area contributed by atoms with Crippen LogP contribution in [-0.4, -0.2) is 17.2 Å². The van der Waals surface area contributed by atoms with E-state index in [0.29, 0.717) is 5.46 Å². The van der Waals surface area contributed by atoms with Crippen LogP contribution >= 0.6 is 0 Å². The summed E-state index contributed by atoms with van der Waals surface area (Å²) >= 11 is 0. The van der Waals surface area contributed by atoms with Gasteiger partial charge in [-0.1, -0.05) is 60.7 Å². The third-order valence-corrected chi connectivity index (χ3v) is 4.88. The topological polar surface area (TPSA) is 53.6 Å². The average molecular weight is 338 g/mol. The van der Waals surface area contributed by atoms with Crippen LogP contribution < -0.4 is 5.46 Å². The fraction of sp³-hybridized carbons (Fsp3) is 0. The Morgan fingerprint density at radius 1 is 0.692 bits per heavy atom. The van der Waals surface area contributed by atoms with Gasteiger partial charge >= 0.3 is 7.12 Å². The van der Waals surface area contributed by atoms with Crippen LogP contribution in [0.4, 0.5) is 0 Å². The Balaban J connectivity index is 1.81. The summed E-state index contributed by atoms with van der Waals surface area (Å²) in [6.45, 7) is 0. The predicted octanol–water partition coefficient (Wildman–Crippen LogP) is 4.09. The van der Waals surface area contributed by atoms with Crippen molar-refractivity contribution in [1.29, 1.82) is 0 Å². The van der Waals surface area contributed by atoms with E-state index in [4.69, 9.17) is 4.42 Å². The van der Waals surface area contributed by atoms with Gasteiger partial charge in [-0.15, -0.1) is 0 Å². The van der Waals surface area contributed by atoms with E-state index >= 15 is 0 Å². The first kappa shape index (κ1) is 15.2. The molecule has 5 aromatic rings. The molecule has 3 nitrogen and oxygen atoms in total. The minimum atomic E-state index is -1.46. The first-order chi connectivity index (χ1) is 12.7. The van der Waals surface area contributed by atoms with Crippen LogP contribution in [0.2, 0.25) is 0 Å². The Morgan fingerprint density at radius 3 is 2.15 bits per heavy atom. The van der Waals surface area contributed by atoms with Gasteiger partial charge in [-0.3, -0.25) is 0 Å². The first-order valence-electron chi connectivity index (χ1n) is 8.51. The molecule has 124 valence electrons. The van der Waals surface area contributed by atoms with E-state index in [1.807, 2.05) is 36.4 Å². The normalized spacial score (nSPS) is 11.5. The lowest BCUT2D eigenvalue weighted by atomic mass is 9.79. The summed E-state index contributed by atoms with van der Waals surface area (Å²) in [5.41, 5.74) is 4.27. The molecule has 1 aromatic heterocycles. The number of hydrogen-bond acceptors (Lipinski definition) is 3. The van der Waals surface area contributed by atoms with E-state index in [-0.39, 0.29) is 0 Å². The second-order valence-corrected chi connectivity index (χ2v) is 6.47. The summed E-state index contributed by atoms with van der Waals surface area (Å²) in [4.78, 5) is 0. The van der Waals surface area contributed by atoms with Gasteiger partial charge in [0.1, 0.15) is 11.2 Å². The van der Waals surface area contributed by atoms with Crippen molar-refractivity contribution in [2.24, 2.45) is 0 Å². The number of furan rings is 1. The van der Waals surface area contributed by atoms with Crippen LogP contribution in [0.3, 0.4) is 0 Å². The maximum Gasteiger partial charge on any atom is 0.488 e. The molecule has 0 saturated heterocycles. The molecule has 0 aliphatic heterocycles. The van der Waals surface area contributed by atoms with Gasteiger partial charge in [0.15, 0.2) is 0 Å². The van der Waals surface area contributed by atoms with Crippen LogP contribution in [0.15, 0.2) is 83.3 Å². The number of rotatable bonds is 2. The smallest absolute Gasteiger partial charge is 0.456 e. The molecule has 26 heavy (non-hydrogen) atoms. The molecule has 2 N–H and O–H groups in total. The fourth-order valence-electron chi connectivity index (χ4n) is 3.59. The maximum atomic E-state index is 9.31. The standard InChI is InChI=1S/C22H15BO3/c24-23(25)17-10-8-14(9-11-17)18-6-3-7-20-22(18)19-12-15-4-1-2-5-16(15)13-21(19)26-20/h1-13,24-25H. The highest BCUT2D eigenvalue weighted by atomic mass is 16.4. The van der Waals surface area contributed by atoms with Crippen LogP contribution in [0.1, 0.15) is 0 Å². The SMILES string of the molecule is OB(O)c1ccc(-c2cccc3oc4cc5ccccc5cc4c23)cc1. The summed E-state index contributed by atoms with van der Waals surface area (Å²) < 4.78 is 6.10. The van der Waals surface area contributed by atoms with Crippen LogP contribution in [-0.2, 0) is 0 Å². The summed E-state index contributed by atoms with van der Waals surface area (Å²) in [6.07, 6.45) is 0. The number of hydrogen-bond donors (Lipinski definition) is 2. The van der Waals surface area contributed by atoms with E-state index in [2.05, 4.69) is 30.3 Å². The number of fused-ring (bicyclic) bond motifs is 4. The molecule has 0 atom stereocenters. The van der Waals surface area contributed by atoms with E-state index < -0.39 is 7.12 Å². The first-order valence-corrected chi connectivity index (χ1v) is 8.51. The summed E-state index contributed by atoms with van der Waals surface area (Å²) in [5, 5.41) is 23.1. The lowest BCUT2D eigenvalue weighted by Crippen LogP contribution is -2.29. The highest BCUT2D eigenvalue weighted by molar-refractivity contribution is 6.58. The molecule has 0 spiro atoms. The van der Waals surface area contributed by atoms with Crippen molar-refractivity contribution in [2.75, 3.05) is 0 Å². The molecule has 4 heteroatoms. The van der Waals surface area contributed by atoms with Crippen molar-refractivity contribution in [2.45, 2.75) is 0 Å². The van der Waals surface area contributed by atoms with Gasteiger partial charge in [0.05, 0.1) is 0 Å². The van der Waals surface area contributed by atoms with Crippen molar-refractivity contribution < 1.29 is 14.5 Å². The summed E-state index contributed by atoms with van der Waals surface area (Å²) in [5.74, 6) is 0. The zero-order valence-corrected chi connectivity index (χ0v) is 13.9. The second kappa shape index (κ2) is 5.73. The largest absolute Gasteiger partial charge is 0.488 e. The minimum Gasteiger partial charge on any atom is -0.456 e. The Bertz CT molecular complexity index is 1250. The Morgan fingerprint density at radius 2 is 1.42 bits per heavy atom. The van der Waals surface area contributed by atoms with Crippen molar-refractivity contribution in [3.8, 4) is 11.1 Å². The van der Waals surface area contributed by atoms with Crippen molar-refractivity contribution in [3.05, 3.63) is 78.9 Å². The molecule has 0 aliphatic rings. The van der Waals surface area contributed by atoms with Crippen molar-refractivity contribution >= 4 is 45.3 Å². The van der Waals surface area contributed by atoms with Gasteiger partial charge < -0.3 is 14.5 Å². The van der Waals surface area contributed by atoms with Gasteiger partial charge in [-0.05, 0) is 45.6 Å². The van der Waals surface area contributed by atoms with Gasteiger partial charge in [-0.2, -0.15) is 0 Å². The van der Waals surface area contributed by atoms with Gasteiger partial charge in [0.25, 0.3) is 0 Å². The van der Waals surface area contributed by atoms with Crippen LogP contribution in [0, 0.1) is 0 Å². The quantitative estimate of drug-likeness (QED) is 0.477. The molecule has 5 rings (SSSR count). The predicted molar refractivity (Wildman–Crippen MR) is 106 cm³/mol. The molecule has 0 radical (unpaired) electrons. The van der Waals surface area contributed by atoms with Crippen LogP contribution in [0.5, 0.6) is 0 Å². The highest BCUT2D eigenvalue weighted by Gasteiger charge is 2.15. The van der Waals surface area contributed by atoms with Gasteiger partial charge in [-0.25, -0.2) is 0 Å². The molecule has 1 heterocycles. The second-order valence-electron chi connectivity index (χ2n) is 6.47. The number of benzene rings is 4. The highest BCUT2D eigenvalue weighted by Crippen LogP contribution is 2.38. The zero-order chi connectivity index (χ0) is 17.7. The Hall–Kier alpha value is -3.08. The lowest BCUT2D eigenvalue weighted by Gasteiger charge is -2.06. The van der Waals surface area contributed by atoms with Crippen molar-refractivity contribution in [1.82, 2.24) is 0 Å².